The van der Waals surface area contributed by atoms with E-state index in [0.29, 0.717) is 97.0 Å². The number of Topliss-reactive ketones (excluding diaryl/α,β-unsaturated/α-hetero) is 1. The van der Waals surface area contributed by atoms with Gasteiger partial charge in [-0.2, -0.15) is 4.37 Å². The molecule has 0 radical (unpaired) electrons. The van der Waals surface area contributed by atoms with E-state index in [-0.39, 0.29) is 5.91 Å². The van der Waals surface area contributed by atoms with Gasteiger partial charge in [0.2, 0.25) is 5.91 Å². The van der Waals surface area contributed by atoms with Crippen LogP contribution in [0.5, 0.6) is 0 Å². The van der Waals surface area contributed by atoms with Crippen molar-refractivity contribution in [3.05, 3.63) is 70.0 Å². The van der Waals surface area contributed by atoms with Crippen LogP contribution in [0.15, 0.2) is 42.6 Å². The Kier molecular flexibility index (Phi) is 19.8. The van der Waals surface area contributed by atoms with Gasteiger partial charge in [0.05, 0.1) is 77.0 Å². The topological polar surface area (TPSA) is 142 Å². The number of aromatic nitrogens is 4. The number of nitrogens with one attached hydrogen (secondary N) is 1. The van der Waals surface area contributed by atoms with Gasteiger partial charge in [0.15, 0.2) is 0 Å². The molecule has 1 fully saturated rings. The van der Waals surface area contributed by atoms with Gasteiger partial charge in [0.25, 0.3) is 0 Å². The molecule has 2 aromatic heterocycles. The van der Waals surface area contributed by atoms with E-state index in [1.54, 1.807) is 18.6 Å². The lowest BCUT2D eigenvalue weighted by atomic mass is 10.0. The maximum absolute atomic E-state index is 11.7. The van der Waals surface area contributed by atoms with Crippen molar-refractivity contribution in [3.8, 4) is 0 Å². The van der Waals surface area contributed by atoms with Crippen LogP contribution in [0.25, 0.3) is 10.1 Å². The Bertz CT molecular complexity index is 1830. The molecule has 1 amide bonds. The van der Waals surface area contributed by atoms with Crippen molar-refractivity contribution in [2.24, 2.45) is 5.92 Å². The number of halogens is 1. The molecule has 1 aliphatic heterocycles. The van der Waals surface area contributed by atoms with Crippen LogP contribution in [0.1, 0.15) is 49.1 Å². The fourth-order valence-electron chi connectivity index (χ4n) is 6.53. The lowest BCUT2D eigenvalue weighted by molar-refractivity contribution is -0.122. The third kappa shape index (κ3) is 15.6. The molecule has 1 saturated heterocycles. The van der Waals surface area contributed by atoms with E-state index < -0.39 is 0 Å². The molecule has 3 heterocycles. The Labute approximate surface area is 351 Å². The van der Waals surface area contributed by atoms with Crippen molar-refractivity contribution >= 4 is 50.7 Å². The van der Waals surface area contributed by atoms with Crippen LogP contribution in [0.2, 0.25) is 5.02 Å². The zero-order chi connectivity index (χ0) is 41.0. The number of hydrogen-bond donors (Lipinski definition) is 1. The Morgan fingerprint density at radius 1 is 0.862 bits per heavy atom. The third-order valence-electron chi connectivity index (χ3n) is 9.88. The van der Waals surface area contributed by atoms with Crippen LogP contribution in [-0.2, 0) is 65.7 Å². The highest BCUT2D eigenvalue weighted by Crippen LogP contribution is 2.30. The fraction of sp³-hybridized carbons (Fsp3) is 0.595. The number of piperazine rings is 1. The largest absolute Gasteiger partial charge is 0.379 e. The number of carbonyl (C=O) groups excluding carboxylic acids is 2. The van der Waals surface area contributed by atoms with Crippen molar-refractivity contribution in [2.75, 3.05) is 104 Å². The summed E-state index contributed by atoms with van der Waals surface area (Å²) >= 11 is 8.06. The molecule has 318 valence electrons. The first kappa shape index (κ1) is 45.5. The van der Waals surface area contributed by atoms with E-state index in [9.17, 15) is 9.59 Å². The zero-order valence-electron chi connectivity index (χ0n) is 34.3. The molecule has 14 nitrogen and oxygen atoms in total. The molecule has 1 N–H and O–H groups in total. The van der Waals surface area contributed by atoms with Crippen molar-refractivity contribution in [1.29, 1.82) is 0 Å². The number of amides is 1. The summed E-state index contributed by atoms with van der Waals surface area (Å²) in [4.78, 5) is 27.6. The molecule has 16 heteroatoms. The molecule has 0 atom stereocenters. The molecule has 0 bridgehead atoms. The third-order valence-corrected chi connectivity index (χ3v) is 11.1. The molecule has 6 rings (SSSR count). The van der Waals surface area contributed by atoms with Gasteiger partial charge in [-0.05, 0) is 65.2 Å². The van der Waals surface area contributed by atoms with Gasteiger partial charge >= 0.3 is 0 Å². The monoisotopic (exact) mass is 841 g/mol. The summed E-state index contributed by atoms with van der Waals surface area (Å²) in [5, 5.41) is 12.8. The van der Waals surface area contributed by atoms with Crippen LogP contribution in [0, 0.1) is 5.92 Å². The second-order valence-corrected chi connectivity index (χ2v) is 16.0. The van der Waals surface area contributed by atoms with Crippen LogP contribution in [-0.4, -0.2) is 135 Å². The molecule has 0 unspecified atom stereocenters. The SMILES string of the molecule is CNC(=O)CCOCCOCCOCCOCCOCc1cn(CCC(C)C)nn1.O=C1Cc2cc(Cl)c(CCN3CCN(c4nsc5ccccc45)CC3)cc2C1. The number of rotatable bonds is 24. The molecular formula is C42H60ClN7O7S. The summed E-state index contributed by atoms with van der Waals surface area (Å²) in [6.45, 7) is 15.2. The van der Waals surface area contributed by atoms with E-state index in [0.717, 1.165) is 74.2 Å². The summed E-state index contributed by atoms with van der Waals surface area (Å²) in [7, 11) is 1.61. The second kappa shape index (κ2) is 25.2. The van der Waals surface area contributed by atoms with Crippen molar-refractivity contribution in [1.82, 2.24) is 29.6 Å². The van der Waals surface area contributed by atoms with Gasteiger partial charge in [0.1, 0.15) is 17.3 Å². The van der Waals surface area contributed by atoms with Gasteiger partial charge < -0.3 is 33.9 Å². The standard InChI is InChI=1S/C22H22ClN3OS.C20H38N4O6/c23-20-14-17-13-18(27)12-16(17)11-15(20)5-6-25-7-9-26(10-8-25)22-19-3-1-2-4-21(19)28-24-22;1-18(2)4-6-24-16-19(22-23-24)17-30-15-14-29-13-12-28-11-10-27-9-8-26-7-5-20(25)21-3/h1-4,11,14H,5-10,12-13H2;16,18H,4-15,17H2,1-3H3,(H,21,25). The summed E-state index contributed by atoms with van der Waals surface area (Å²) in [6.07, 6.45) is 5.42. The number of ether oxygens (including phenoxy) is 5. The van der Waals surface area contributed by atoms with Gasteiger partial charge in [-0.1, -0.05) is 48.9 Å². The van der Waals surface area contributed by atoms with Crippen LogP contribution >= 0.6 is 23.1 Å². The molecular weight excluding hydrogens is 782 g/mol. The highest BCUT2D eigenvalue weighted by atomic mass is 35.5. The van der Waals surface area contributed by atoms with Crippen molar-refractivity contribution in [2.45, 2.75) is 59.1 Å². The number of hydrogen-bond acceptors (Lipinski definition) is 13. The van der Waals surface area contributed by atoms with Gasteiger partial charge in [-0.15, -0.1) is 5.10 Å². The van der Waals surface area contributed by atoms with E-state index >= 15 is 0 Å². The van der Waals surface area contributed by atoms with Crippen LogP contribution < -0.4 is 10.2 Å². The van der Waals surface area contributed by atoms with E-state index in [1.807, 2.05) is 16.9 Å². The lowest BCUT2D eigenvalue weighted by Crippen LogP contribution is -2.47. The summed E-state index contributed by atoms with van der Waals surface area (Å²) < 4.78 is 34.9. The second-order valence-electron chi connectivity index (χ2n) is 14.8. The first-order valence-electron chi connectivity index (χ1n) is 20.4. The number of nitrogens with zero attached hydrogens (tertiary/aromatic N) is 6. The van der Waals surface area contributed by atoms with Gasteiger partial charge in [-0.3, -0.25) is 19.2 Å². The first-order valence-corrected chi connectivity index (χ1v) is 21.6. The Morgan fingerprint density at radius 2 is 1.50 bits per heavy atom. The quantitative estimate of drug-likeness (QED) is 0.0947. The number of anilines is 1. The maximum atomic E-state index is 11.7. The maximum Gasteiger partial charge on any atom is 0.222 e. The highest BCUT2D eigenvalue weighted by molar-refractivity contribution is 7.13. The van der Waals surface area contributed by atoms with Crippen molar-refractivity contribution < 1.29 is 33.3 Å². The summed E-state index contributed by atoms with van der Waals surface area (Å²) in [6, 6.07) is 12.6. The highest BCUT2D eigenvalue weighted by Gasteiger charge is 2.23. The normalized spacial score (nSPS) is 14.3. The number of carbonyl (C=O) groups is 2. The Morgan fingerprint density at radius 3 is 2.17 bits per heavy atom. The lowest BCUT2D eigenvalue weighted by Gasteiger charge is -2.35. The Balaban J connectivity index is 0.000000221. The molecule has 1 aliphatic carbocycles. The van der Waals surface area contributed by atoms with E-state index in [2.05, 4.69) is 69.6 Å². The van der Waals surface area contributed by atoms with E-state index in [1.165, 1.54) is 21.2 Å². The molecule has 2 aromatic carbocycles. The van der Waals surface area contributed by atoms with Crippen LogP contribution in [0.4, 0.5) is 5.82 Å². The minimum absolute atomic E-state index is 0.0281. The fourth-order valence-corrected chi connectivity index (χ4v) is 7.61. The molecule has 0 saturated carbocycles. The van der Waals surface area contributed by atoms with Gasteiger partial charge in [0, 0.05) is 76.0 Å². The molecule has 4 aromatic rings. The minimum Gasteiger partial charge on any atom is -0.379 e. The molecule has 58 heavy (non-hydrogen) atoms. The van der Waals surface area contributed by atoms with Crippen molar-refractivity contribution in [3.63, 3.8) is 0 Å². The molecule has 2 aliphatic rings. The number of fused-ring (bicyclic) bond motifs is 2. The summed E-state index contributed by atoms with van der Waals surface area (Å²) in [5.74, 6) is 2.05. The number of ketones is 1. The zero-order valence-corrected chi connectivity index (χ0v) is 35.9. The van der Waals surface area contributed by atoms with Crippen LogP contribution in [0.3, 0.4) is 0 Å². The number of benzene rings is 2. The first-order chi connectivity index (χ1) is 28.3. The minimum atomic E-state index is -0.0281. The number of aryl methyl sites for hydroxylation is 1. The average molecular weight is 843 g/mol. The smallest absolute Gasteiger partial charge is 0.222 e. The summed E-state index contributed by atoms with van der Waals surface area (Å²) in [5.41, 5.74) is 4.29. The predicted molar refractivity (Wildman–Crippen MR) is 227 cm³/mol. The molecule has 0 spiro atoms. The Hall–Kier alpha value is -3.54. The van der Waals surface area contributed by atoms with Gasteiger partial charge in [-0.25, -0.2) is 0 Å². The predicted octanol–water partition coefficient (Wildman–Crippen LogP) is 5.03. The van der Waals surface area contributed by atoms with E-state index in [4.69, 9.17) is 39.7 Å². The average Bonchev–Trinajstić information content (AvgIpc) is 3.97.